The SMILES string of the molecule is CC1(C)c2ccccc2-c2c(-c3ccc(N(c4ccc(-c5ccccc5)cc4)c4cccc5c4oc4c(-c6ccccc6)ccc(-c6cccc(-c7ccc(N(c8ccc(-c9cccc%10c9-c9ccccc9C%10(c9ccccc9)c9ccccc9)cc8)c8cccc9c8oc8c(-c%10ccccc%10)cccc89)cc7)c6)c45)cc3)cccc21. The number of hydrogen-bond donors (Lipinski definition) is 0. The molecule has 0 aliphatic heterocycles. The van der Waals surface area contributed by atoms with Gasteiger partial charge in [0.2, 0.25) is 0 Å². The van der Waals surface area contributed by atoms with Crippen molar-refractivity contribution in [3.05, 3.63) is 458 Å². The van der Waals surface area contributed by atoms with E-state index in [9.17, 15) is 0 Å². The Morgan fingerprint density at radius 3 is 1.10 bits per heavy atom. The zero-order valence-electron chi connectivity index (χ0n) is 64.1. The smallest absolute Gasteiger partial charge is 0.159 e. The molecule has 0 fully saturated rings. The molecule has 0 unspecified atom stereocenters. The maximum Gasteiger partial charge on any atom is 0.159 e. The minimum Gasteiger partial charge on any atom is -0.453 e. The monoisotopic (exact) mass is 1480 g/mol. The summed E-state index contributed by atoms with van der Waals surface area (Å²) < 4.78 is 14.8. The predicted molar refractivity (Wildman–Crippen MR) is 483 cm³/mol. The van der Waals surface area contributed by atoms with Gasteiger partial charge in [-0.1, -0.05) is 366 Å². The summed E-state index contributed by atoms with van der Waals surface area (Å²) in [4.78, 5) is 4.74. The molecule has 2 aliphatic carbocycles. The van der Waals surface area contributed by atoms with Crippen LogP contribution in [0.2, 0.25) is 0 Å². The first-order valence-corrected chi connectivity index (χ1v) is 40.1. The Hall–Kier alpha value is -14.8. The fourth-order valence-electron chi connectivity index (χ4n) is 19.2. The van der Waals surface area contributed by atoms with Crippen LogP contribution in [0.4, 0.5) is 34.1 Å². The van der Waals surface area contributed by atoms with Crippen LogP contribution in [0.25, 0.3) is 144 Å². The molecule has 0 spiro atoms. The topological polar surface area (TPSA) is 32.8 Å². The third kappa shape index (κ3) is 10.9. The lowest BCUT2D eigenvalue weighted by Gasteiger charge is -2.34. The zero-order valence-corrected chi connectivity index (χ0v) is 64.1. The van der Waals surface area contributed by atoms with Crippen LogP contribution in [0.1, 0.15) is 47.2 Å². The van der Waals surface area contributed by atoms with Gasteiger partial charge in [-0.25, -0.2) is 0 Å². The highest BCUT2D eigenvalue weighted by molar-refractivity contribution is 6.20. The Kier molecular flexibility index (Phi) is 16.1. The second kappa shape index (κ2) is 27.5. The summed E-state index contributed by atoms with van der Waals surface area (Å²) in [5.41, 5.74) is 37.1. The van der Waals surface area contributed by atoms with Crippen LogP contribution in [0.3, 0.4) is 0 Å². The maximum atomic E-state index is 7.58. The van der Waals surface area contributed by atoms with E-state index in [0.717, 1.165) is 134 Å². The number of furan rings is 2. The van der Waals surface area contributed by atoms with Crippen LogP contribution in [0.5, 0.6) is 0 Å². The Bertz CT molecular complexity index is 7130. The predicted octanol–water partition coefficient (Wildman–Crippen LogP) is 30.8. The van der Waals surface area contributed by atoms with Gasteiger partial charge in [0.15, 0.2) is 11.2 Å². The molecule has 0 radical (unpaired) electrons. The summed E-state index contributed by atoms with van der Waals surface area (Å²) >= 11 is 0. The van der Waals surface area contributed by atoms with Gasteiger partial charge in [-0.3, -0.25) is 0 Å². The van der Waals surface area contributed by atoms with Crippen molar-refractivity contribution in [1.29, 1.82) is 0 Å². The lowest BCUT2D eigenvalue weighted by molar-refractivity contribution is 0.660. The standard InChI is InChI=1S/C112H76N2O2/c1-111(2)98-48-20-18-40-95(98)104-88(42-24-50-100(104)111)78-58-66-87(67-59-78)114(84-62-54-74(55-63-84)73-28-8-3-9-29-73)103-53-27-47-97-106-90(70-71-92(110(106)116-109(97)103)77-32-12-5-13-33-77)81-35-22-34-80(72-81)75-56-64-85(65-57-75)113(102-52-26-46-94-93-45-23-44-91(107(93)115-108(94)102)76-30-10-4-11-31-76)86-68-60-79(61-69-86)89-43-25-51-101-105(89)96-41-19-21-49-99(96)112(101,82-36-14-6-15-37-82)83-38-16-7-17-39-83/h3-72H,1-2H3. The lowest BCUT2D eigenvalue weighted by atomic mass is 9.67. The Morgan fingerprint density at radius 1 is 0.207 bits per heavy atom. The van der Waals surface area contributed by atoms with E-state index in [1.54, 1.807) is 0 Å². The molecule has 546 valence electrons. The largest absolute Gasteiger partial charge is 0.453 e. The number of para-hydroxylation sites is 3. The molecule has 2 aliphatic rings. The van der Waals surface area contributed by atoms with Gasteiger partial charge in [-0.05, 0) is 195 Å². The van der Waals surface area contributed by atoms with E-state index in [-0.39, 0.29) is 5.41 Å². The molecule has 22 rings (SSSR count). The van der Waals surface area contributed by atoms with Crippen LogP contribution in [-0.4, -0.2) is 0 Å². The summed E-state index contributed by atoms with van der Waals surface area (Å²) in [7, 11) is 0. The Labute approximate surface area is 675 Å². The minimum absolute atomic E-state index is 0.111. The van der Waals surface area contributed by atoms with Crippen molar-refractivity contribution in [3.63, 3.8) is 0 Å². The van der Waals surface area contributed by atoms with Gasteiger partial charge in [0.1, 0.15) is 11.2 Å². The fraction of sp³-hybridized carbons (Fsp3) is 0.0357. The summed E-state index contributed by atoms with van der Waals surface area (Å²) in [5, 5.41) is 4.20. The number of anilines is 6. The van der Waals surface area contributed by atoms with Crippen LogP contribution in [0, 0.1) is 0 Å². The number of rotatable bonds is 15. The number of fused-ring (bicyclic) bond motifs is 12. The summed E-state index contributed by atoms with van der Waals surface area (Å²) in [6.45, 7) is 4.70. The van der Waals surface area contributed by atoms with Crippen molar-refractivity contribution in [1.82, 2.24) is 0 Å². The highest BCUT2D eigenvalue weighted by Crippen LogP contribution is 2.60. The van der Waals surface area contributed by atoms with Gasteiger partial charge in [0.25, 0.3) is 0 Å². The molecule has 116 heavy (non-hydrogen) atoms. The van der Waals surface area contributed by atoms with Gasteiger partial charge < -0.3 is 18.6 Å². The highest BCUT2D eigenvalue weighted by atomic mass is 16.3. The van der Waals surface area contributed by atoms with Crippen molar-refractivity contribution in [2.75, 3.05) is 9.80 Å². The van der Waals surface area contributed by atoms with Crippen molar-refractivity contribution in [2.45, 2.75) is 24.7 Å². The van der Waals surface area contributed by atoms with Crippen LogP contribution >= 0.6 is 0 Å². The van der Waals surface area contributed by atoms with Gasteiger partial charge in [-0.15, -0.1) is 0 Å². The second-order valence-electron chi connectivity index (χ2n) is 31.3. The first-order valence-electron chi connectivity index (χ1n) is 40.1. The van der Waals surface area contributed by atoms with Crippen LogP contribution in [-0.2, 0) is 10.8 Å². The molecule has 2 aromatic heterocycles. The molecule has 0 N–H and O–H groups in total. The minimum atomic E-state index is -0.519. The summed E-state index contributed by atoms with van der Waals surface area (Å²) in [6, 6.07) is 155. The fourth-order valence-corrected chi connectivity index (χ4v) is 19.2. The van der Waals surface area contributed by atoms with E-state index in [2.05, 4.69) is 448 Å². The van der Waals surface area contributed by atoms with Gasteiger partial charge >= 0.3 is 0 Å². The van der Waals surface area contributed by atoms with E-state index in [1.807, 2.05) is 0 Å². The van der Waals surface area contributed by atoms with Gasteiger partial charge in [0.05, 0.1) is 16.8 Å². The molecule has 0 saturated carbocycles. The normalized spacial score (nSPS) is 12.9. The molecular formula is C112H76N2O2. The third-order valence-electron chi connectivity index (χ3n) is 24.6. The molecule has 18 aromatic carbocycles. The molecule has 2 heterocycles. The van der Waals surface area contributed by atoms with E-state index < -0.39 is 5.41 Å². The summed E-state index contributed by atoms with van der Waals surface area (Å²) in [5.74, 6) is 0. The maximum absolute atomic E-state index is 7.58. The van der Waals surface area contributed by atoms with E-state index in [1.165, 1.54) is 77.9 Å². The Morgan fingerprint density at radius 2 is 0.543 bits per heavy atom. The highest BCUT2D eigenvalue weighted by Gasteiger charge is 2.47. The average Bonchev–Trinajstić information content (AvgIpc) is 1.53. The number of hydrogen-bond acceptors (Lipinski definition) is 4. The molecule has 20 aromatic rings. The number of nitrogens with zero attached hydrogens (tertiary/aromatic N) is 2. The van der Waals surface area contributed by atoms with Gasteiger partial charge in [0, 0.05) is 60.8 Å². The zero-order chi connectivity index (χ0) is 77.0. The Balaban J connectivity index is 0.662. The van der Waals surface area contributed by atoms with Gasteiger partial charge in [-0.2, -0.15) is 0 Å². The molecule has 4 nitrogen and oxygen atoms in total. The van der Waals surface area contributed by atoms with Crippen molar-refractivity contribution in [3.8, 4) is 100 Å². The van der Waals surface area contributed by atoms with Crippen LogP contribution < -0.4 is 9.80 Å². The number of benzene rings is 18. The van der Waals surface area contributed by atoms with Crippen molar-refractivity contribution in [2.24, 2.45) is 0 Å². The molecule has 0 atom stereocenters. The van der Waals surface area contributed by atoms with Crippen molar-refractivity contribution < 1.29 is 8.83 Å². The lowest BCUT2D eigenvalue weighted by Crippen LogP contribution is -2.28. The first kappa shape index (κ1) is 68.0. The van der Waals surface area contributed by atoms with Crippen molar-refractivity contribution >= 4 is 78.0 Å². The molecule has 0 amide bonds. The quantitative estimate of drug-likeness (QED) is 0.102. The van der Waals surface area contributed by atoms with E-state index in [0.29, 0.717) is 0 Å². The average molecular weight is 1480 g/mol. The second-order valence-corrected chi connectivity index (χ2v) is 31.3. The third-order valence-corrected chi connectivity index (χ3v) is 24.6. The summed E-state index contributed by atoms with van der Waals surface area (Å²) in [6.07, 6.45) is 0. The van der Waals surface area contributed by atoms with E-state index >= 15 is 0 Å². The van der Waals surface area contributed by atoms with Crippen LogP contribution in [0.15, 0.2) is 433 Å². The molecule has 0 bridgehead atoms. The van der Waals surface area contributed by atoms with E-state index in [4.69, 9.17) is 8.83 Å². The first-order chi connectivity index (χ1) is 57.3. The molecule has 0 saturated heterocycles. The molecule has 4 heteroatoms. The molecular weight excluding hydrogens is 1410 g/mol.